The number of nitrogens with two attached hydrogens (primary N) is 2. The number of nitrogen functional groups attached to an aromatic ring is 1. The highest BCUT2D eigenvalue weighted by Crippen LogP contribution is 2.24. The van der Waals surface area contributed by atoms with Gasteiger partial charge in [0.05, 0.1) is 17.8 Å². The first-order valence-electron chi connectivity index (χ1n) is 4.80. The summed E-state index contributed by atoms with van der Waals surface area (Å²) in [6.07, 6.45) is -6.28. The van der Waals surface area contributed by atoms with Crippen LogP contribution in [0.5, 0.6) is 0 Å². The van der Waals surface area contributed by atoms with Gasteiger partial charge in [0, 0.05) is 6.42 Å². The molecule has 0 aliphatic rings. The molecule has 0 aromatic heterocycles. The SMILES string of the molecule is Nc1ccccc1N(N)C(=O)CCC(F)(F)F. The average molecular weight is 247 g/mol. The second kappa shape index (κ2) is 5.05. The van der Waals surface area contributed by atoms with Crippen molar-refractivity contribution >= 4 is 17.3 Å². The Hall–Kier alpha value is -1.76. The van der Waals surface area contributed by atoms with E-state index in [9.17, 15) is 18.0 Å². The van der Waals surface area contributed by atoms with Gasteiger partial charge in [-0.2, -0.15) is 13.2 Å². The molecule has 17 heavy (non-hydrogen) atoms. The van der Waals surface area contributed by atoms with Crippen molar-refractivity contribution in [2.24, 2.45) is 5.84 Å². The van der Waals surface area contributed by atoms with Gasteiger partial charge in [0.1, 0.15) is 0 Å². The number of rotatable bonds is 3. The number of amides is 1. The van der Waals surface area contributed by atoms with Gasteiger partial charge < -0.3 is 5.73 Å². The van der Waals surface area contributed by atoms with Crippen LogP contribution >= 0.6 is 0 Å². The normalized spacial score (nSPS) is 11.3. The van der Waals surface area contributed by atoms with Crippen LogP contribution in [0.3, 0.4) is 0 Å². The van der Waals surface area contributed by atoms with E-state index >= 15 is 0 Å². The molecular weight excluding hydrogens is 235 g/mol. The van der Waals surface area contributed by atoms with Crippen LogP contribution < -0.4 is 16.6 Å². The number of benzene rings is 1. The standard InChI is InChI=1S/C10H12F3N3O/c11-10(12,13)6-5-9(17)16(15)8-4-2-1-3-7(8)14/h1-4H,5-6,14-15H2. The zero-order chi connectivity index (χ0) is 13.1. The molecule has 0 atom stereocenters. The lowest BCUT2D eigenvalue weighted by atomic mass is 10.2. The number of halogens is 3. The van der Waals surface area contributed by atoms with Crippen molar-refractivity contribution in [2.45, 2.75) is 19.0 Å². The first kappa shape index (κ1) is 13.3. The molecular formula is C10H12F3N3O. The van der Waals surface area contributed by atoms with Gasteiger partial charge in [0.2, 0.25) is 5.91 Å². The van der Waals surface area contributed by atoms with Crippen molar-refractivity contribution in [3.63, 3.8) is 0 Å². The monoisotopic (exact) mass is 247 g/mol. The first-order valence-corrected chi connectivity index (χ1v) is 4.80. The molecule has 94 valence electrons. The van der Waals surface area contributed by atoms with Gasteiger partial charge in [-0.15, -0.1) is 0 Å². The highest BCUT2D eigenvalue weighted by atomic mass is 19.4. The van der Waals surface area contributed by atoms with Gasteiger partial charge in [0.15, 0.2) is 0 Å². The van der Waals surface area contributed by atoms with E-state index in [2.05, 4.69) is 0 Å². The molecule has 1 amide bonds. The molecule has 0 bridgehead atoms. The molecule has 0 unspecified atom stereocenters. The second-order valence-corrected chi connectivity index (χ2v) is 3.44. The third-order valence-corrected chi connectivity index (χ3v) is 2.09. The molecule has 0 aliphatic heterocycles. The number of carbonyl (C=O) groups is 1. The fraction of sp³-hybridized carbons (Fsp3) is 0.300. The van der Waals surface area contributed by atoms with Crippen molar-refractivity contribution < 1.29 is 18.0 Å². The number of para-hydroxylation sites is 2. The summed E-state index contributed by atoms with van der Waals surface area (Å²) < 4.78 is 35.8. The lowest BCUT2D eigenvalue weighted by Crippen LogP contribution is -2.38. The van der Waals surface area contributed by atoms with Gasteiger partial charge in [-0.1, -0.05) is 12.1 Å². The molecule has 0 saturated heterocycles. The summed E-state index contributed by atoms with van der Waals surface area (Å²) in [7, 11) is 0. The Morgan fingerprint density at radius 3 is 2.41 bits per heavy atom. The Kier molecular flexibility index (Phi) is 3.95. The fourth-order valence-electron chi connectivity index (χ4n) is 1.21. The van der Waals surface area contributed by atoms with Gasteiger partial charge in [-0.05, 0) is 12.1 Å². The summed E-state index contributed by atoms with van der Waals surface area (Å²) in [5.74, 6) is 4.57. The summed E-state index contributed by atoms with van der Waals surface area (Å²) in [6.45, 7) is 0. The van der Waals surface area contributed by atoms with Crippen molar-refractivity contribution in [3.8, 4) is 0 Å². The third kappa shape index (κ3) is 3.95. The smallest absolute Gasteiger partial charge is 0.389 e. The zero-order valence-electron chi connectivity index (χ0n) is 8.87. The molecule has 1 aromatic rings. The maximum atomic E-state index is 11.9. The van der Waals surface area contributed by atoms with Gasteiger partial charge >= 0.3 is 6.18 Å². The highest BCUT2D eigenvalue weighted by molar-refractivity contribution is 5.95. The Labute approximate surface area is 96.0 Å². The molecule has 0 saturated carbocycles. The summed E-state index contributed by atoms with van der Waals surface area (Å²) in [5.41, 5.74) is 5.97. The predicted octanol–water partition coefficient (Wildman–Crippen LogP) is 1.82. The number of nitrogens with zero attached hydrogens (tertiary/aromatic N) is 1. The third-order valence-electron chi connectivity index (χ3n) is 2.09. The van der Waals surface area contributed by atoms with E-state index in [-0.39, 0.29) is 11.4 Å². The van der Waals surface area contributed by atoms with Crippen molar-refractivity contribution in [1.82, 2.24) is 0 Å². The number of hydrazine groups is 1. The van der Waals surface area contributed by atoms with Crippen LogP contribution in [0.2, 0.25) is 0 Å². The summed E-state index contributed by atoms with van der Waals surface area (Å²) in [5, 5.41) is 0.640. The van der Waals surface area contributed by atoms with Crippen LogP contribution in [0.25, 0.3) is 0 Å². The molecule has 0 radical (unpaired) electrons. The number of anilines is 2. The topological polar surface area (TPSA) is 72.3 Å². The number of hydrogen-bond donors (Lipinski definition) is 2. The Morgan fingerprint density at radius 1 is 1.29 bits per heavy atom. The minimum absolute atomic E-state index is 0.194. The highest BCUT2D eigenvalue weighted by Gasteiger charge is 2.29. The maximum Gasteiger partial charge on any atom is 0.389 e. The van der Waals surface area contributed by atoms with E-state index in [1.165, 1.54) is 12.1 Å². The van der Waals surface area contributed by atoms with E-state index in [0.717, 1.165) is 0 Å². The van der Waals surface area contributed by atoms with Crippen LogP contribution in [0.15, 0.2) is 24.3 Å². The summed E-state index contributed by atoms with van der Waals surface area (Å²) >= 11 is 0. The van der Waals surface area contributed by atoms with Crippen LogP contribution in [-0.4, -0.2) is 12.1 Å². The number of hydrogen-bond acceptors (Lipinski definition) is 3. The van der Waals surface area contributed by atoms with Crippen LogP contribution in [-0.2, 0) is 4.79 Å². The molecule has 7 heteroatoms. The van der Waals surface area contributed by atoms with Crippen LogP contribution in [0.1, 0.15) is 12.8 Å². The molecule has 1 aromatic carbocycles. The number of alkyl halides is 3. The molecule has 0 fully saturated rings. The lowest BCUT2D eigenvalue weighted by Gasteiger charge is -2.18. The first-order chi connectivity index (χ1) is 7.81. The predicted molar refractivity (Wildman–Crippen MR) is 57.8 cm³/mol. The van der Waals surface area contributed by atoms with Crippen molar-refractivity contribution in [1.29, 1.82) is 0 Å². The van der Waals surface area contributed by atoms with E-state index in [4.69, 9.17) is 11.6 Å². The average Bonchev–Trinajstić information content (AvgIpc) is 2.24. The molecule has 0 aliphatic carbocycles. The summed E-state index contributed by atoms with van der Waals surface area (Å²) in [6, 6.07) is 6.18. The maximum absolute atomic E-state index is 11.9. The van der Waals surface area contributed by atoms with E-state index in [1.54, 1.807) is 12.1 Å². The van der Waals surface area contributed by atoms with E-state index < -0.39 is 24.9 Å². The Bertz CT molecular complexity index is 406. The quantitative estimate of drug-likeness (QED) is 0.370. The molecule has 0 spiro atoms. The second-order valence-electron chi connectivity index (χ2n) is 3.44. The minimum Gasteiger partial charge on any atom is -0.397 e. The van der Waals surface area contributed by atoms with E-state index in [1.807, 2.05) is 0 Å². The van der Waals surface area contributed by atoms with Crippen LogP contribution in [0, 0.1) is 0 Å². The molecule has 1 rings (SSSR count). The largest absolute Gasteiger partial charge is 0.397 e. The lowest BCUT2D eigenvalue weighted by molar-refractivity contribution is -0.143. The Balaban J connectivity index is 2.68. The zero-order valence-corrected chi connectivity index (χ0v) is 8.87. The number of carbonyl (C=O) groups excluding carboxylic acids is 1. The molecule has 0 heterocycles. The summed E-state index contributed by atoms with van der Waals surface area (Å²) in [4.78, 5) is 11.4. The van der Waals surface area contributed by atoms with Gasteiger partial charge in [0.25, 0.3) is 0 Å². The van der Waals surface area contributed by atoms with Gasteiger partial charge in [-0.25, -0.2) is 10.9 Å². The molecule has 4 nitrogen and oxygen atoms in total. The Morgan fingerprint density at radius 2 is 1.88 bits per heavy atom. The molecule has 4 N–H and O–H groups in total. The minimum atomic E-state index is -4.38. The van der Waals surface area contributed by atoms with Crippen molar-refractivity contribution in [3.05, 3.63) is 24.3 Å². The van der Waals surface area contributed by atoms with Crippen LogP contribution in [0.4, 0.5) is 24.5 Å². The fourth-order valence-corrected chi connectivity index (χ4v) is 1.21. The van der Waals surface area contributed by atoms with Gasteiger partial charge in [-0.3, -0.25) is 4.79 Å². The van der Waals surface area contributed by atoms with E-state index in [0.29, 0.717) is 5.01 Å². The van der Waals surface area contributed by atoms with Crippen molar-refractivity contribution in [2.75, 3.05) is 10.7 Å².